The van der Waals surface area contributed by atoms with Crippen molar-refractivity contribution in [3.63, 3.8) is 0 Å². The normalized spacial score (nSPS) is 10.8. The third-order valence-corrected chi connectivity index (χ3v) is 3.37. The zero-order chi connectivity index (χ0) is 13.4. The van der Waals surface area contributed by atoms with Gasteiger partial charge in [-0.2, -0.15) is 0 Å². The second-order valence-corrected chi connectivity index (χ2v) is 4.53. The van der Waals surface area contributed by atoms with Crippen LogP contribution in [0.2, 0.25) is 0 Å². The summed E-state index contributed by atoms with van der Waals surface area (Å²) in [5.74, 6) is -0.903. The Hall–Kier alpha value is -2.55. The molecule has 0 fully saturated rings. The van der Waals surface area contributed by atoms with Gasteiger partial charge in [-0.05, 0) is 29.3 Å². The lowest BCUT2D eigenvalue weighted by Gasteiger charge is -2.03. The molecule has 3 aromatic rings. The summed E-state index contributed by atoms with van der Waals surface area (Å²) >= 11 is 0. The van der Waals surface area contributed by atoms with Gasteiger partial charge in [0, 0.05) is 18.0 Å². The van der Waals surface area contributed by atoms with Gasteiger partial charge in [-0.1, -0.05) is 36.4 Å². The van der Waals surface area contributed by atoms with E-state index in [1.165, 1.54) is 0 Å². The van der Waals surface area contributed by atoms with Crippen LogP contribution in [0.15, 0.2) is 54.6 Å². The molecule has 0 saturated carbocycles. The molecule has 0 aliphatic carbocycles. The first-order valence-electron chi connectivity index (χ1n) is 6.05. The number of carbonyl (C=O) groups is 1. The third-order valence-electron chi connectivity index (χ3n) is 3.37. The van der Waals surface area contributed by atoms with Gasteiger partial charge >= 0.3 is 5.97 Å². The predicted molar refractivity (Wildman–Crippen MR) is 75.3 cm³/mol. The van der Waals surface area contributed by atoms with Crippen LogP contribution in [0.3, 0.4) is 0 Å². The van der Waals surface area contributed by atoms with Gasteiger partial charge in [-0.25, -0.2) is 4.79 Å². The lowest BCUT2D eigenvalue weighted by molar-refractivity contribution is 0.0687. The van der Waals surface area contributed by atoms with E-state index in [-0.39, 0.29) is 0 Å². The Morgan fingerprint density at radius 2 is 1.74 bits per heavy atom. The summed E-state index contributed by atoms with van der Waals surface area (Å²) in [7, 11) is 1.77. The van der Waals surface area contributed by atoms with Crippen LogP contribution in [0.5, 0.6) is 0 Å². The number of hydrogen-bond donors (Lipinski definition) is 1. The number of nitrogens with zero attached hydrogens (tertiary/aromatic N) is 1. The monoisotopic (exact) mass is 251 g/mol. The van der Waals surface area contributed by atoms with E-state index in [1.807, 2.05) is 48.5 Å². The fraction of sp³-hybridized carbons (Fsp3) is 0.0625. The van der Waals surface area contributed by atoms with Crippen molar-refractivity contribution < 1.29 is 9.90 Å². The minimum atomic E-state index is -0.903. The van der Waals surface area contributed by atoms with E-state index in [4.69, 9.17) is 5.11 Å². The number of carboxylic acids is 1. The Balaban J connectivity index is 2.19. The molecule has 0 saturated heterocycles. The lowest BCUT2D eigenvalue weighted by Crippen LogP contribution is -2.03. The molecule has 19 heavy (non-hydrogen) atoms. The summed E-state index contributed by atoms with van der Waals surface area (Å²) in [6.45, 7) is 0. The molecular weight excluding hydrogens is 238 g/mol. The van der Waals surface area contributed by atoms with E-state index < -0.39 is 5.97 Å². The molecule has 0 unspecified atom stereocenters. The Morgan fingerprint density at radius 1 is 1.00 bits per heavy atom. The first kappa shape index (κ1) is 11.5. The van der Waals surface area contributed by atoms with Gasteiger partial charge in [0.15, 0.2) is 0 Å². The second-order valence-electron chi connectivity index (χ2n) is 4.53. The number of carboxylic acid groups (broad SMARTS) is 1. The van der Waals surface area contributed by atoms with Crippen molar-refractivity contribution in [2.45, 2.75) is 0 Å². The molecule has 0 amide bonds. The van der Waals surface area contributed by atoms with E-state index in [1.54, 1.807) is 17.7 Å². The summed E-state index contributed by atoms with van der Waals surface area (Å²) < 4.78 is 1.70. The van der Waals surface area contributed by atoms with Gasteiger partial charge in [-0.15, -0.1) is 0 Å². The number of fused-ring (bicyclic) bond motifs is 1. The quantitative estimate of drug-likeness (QED) is 0.756. The maximum absolute atomic E-state index is 11.1. The van der Waals surface area contributed by atoms with Crippen LogP contribution in [-0.2, 0) is 7.05 Å². The van der Waals surface area contributed by atoms with Gasteiger partial charge in [-0.3, -0.25) is 0 Å². The van der Waals surface area contributed by atoms with Crippen LogP contribution in [0.1, 0.15) is 10.5 Å². The van der Waals surface area contributed by atoms with E-state index in [2.05, 4.69) is 0 Å². The topological polar surface area (TPSA) is 42.2 Å². The van der Waals surface area contributed by atoms with Gasteiger partial charge in [0.25, 0.3) is 0 Å². The number of aromatic carboxylic acids is 1. The molecule has 94 valence electrons. The maximum Gasteiger partial charge on any atom is 0.352 e. The highest BCUT2D eigenvalue weighted by Gasteiger charge is 2.12. The largest absolute Gasteiger partial charge is 0.477 e. The number of aromatic nitrogens is 1. The smallest absolute Gasteiger partial charge is 0.352 e. The van der Waals surface area contributed by atoms with E-state index in [0.717, 1.165) is 22.0 Å². The van der Waals surface area contributed by atoms with Gasteiger partial charge in [0.1, 0.15) is 5.69 Å². The van der Waals surface area contributed by atoms with Crippen LogP contribution < -0.4 is 0 Å². The van der Waals surface area contributed by atoms with E-state index >= 15 is 0 Å². The van der Waals surface area contributed by atoms with Gasteiger partial charge < -0.3 is 9.67 Å². The molecule has 2 aromatic carbocycles. The number of benzene rings is 2. The average Bonchev–Trinajstić information content (AvgIpc) is 2.77. The molecule has 0 atom stereocenters. The van der Waals surface area contributed by atoms with Crippen LogP contribution in [0.4, 0.5) is 0 Å². The number of hydrogen-bond acceptors (Lipinski definition) is 1. The van der Waals surface area contributed by atoms with E-state index in [0.29, 0.717) is 5.69 Å². The van der Waals surface area contributed by atoms with Crippen LogP contribution >= 0.6 is 0 Å². The summed E-state index contributed by atoms with van der Waals surface area (Å²) in [4.78, 5) is 11.1. The van der Waals surface area contributed by atoms with Crippen molar-refractivity contribution in [3.05, 3.63) is 60.3 Å². The van der Waals surface area contributed by atoms with Crippen LogP contribution in [0.25, 0.3) is 22.0 Å². The average molecular weight is 251 g/mol. The fourth-order valence-corrected chi connectivity index (χ4v) is 2.36. The van der Waals surface area contributed by atoms with Crippen molar-refractivity contribution >= 4 is 16.9 Å². The standard InChI is InChI=1S/C16H13NO2/c1-17-14-8-7-12(11-5-3-2-4-6-11)9-13(14)10-15(17)16(18)19/h2-10H,1H3,(H,18,19). The van der Waals surface area contributed by atoms with Gasteiger partial charge in [0.05, 0.1) is 0 Å². The zero-order valence-corrected chi connectivity index (χ0v) is 10.5. The Labute approximate surface area is 110 Å². The highest BCUT2D eigenvalue weighted by molar-refractivity contribution is 5.96. The molecule has 1 aromatic heterocycles. The molecular formula is C16H13NO2. The molecule has 0 aliphatic rings. The van der Waals surface area contributed by atoms with Gasteiger partial charge in [0.2, 0.25) is 0 Å². The number of rotatable bonds is 2. The lowest BCUT2D eigenvalue weighted by atomic mass is 10.0. The summed E-state index contributed by atoms with van der Waals surface area (Å²) in [5.41, 5.74) is 3.46. The predicted octanol–water partition coefficient (Wildman–Crippen LogP) is 3.54. The Kier molecular flexibility index (Phi) is 2.60. The number of aryl methyl sites for hydroxylation is 1. The molecule has 1 heterocycles. The third kappa shape index (κ3) is 1.89. The van der Waals surface area contributed by atoms with E-state index in [9.17, 15) is 4.79 Å². The van der Waals surface area contributed by atoms with Crippen molar-refractivity contribution in [2.75, 3.05) is 0 Å². The van der Waals surface area contributed by atoms with Crippen LogP contribution in [0, 0.1) is 0 Å². The van der Waals surface area contributed by atoms with Crippen molar-refractivity contribution in [3.8, 4) is 11.1 Å². The minimum absolute atomic E-state index is 0.306. The molecule has 1 N–H and O–H groups in total. The molecule has 3 rings (SSSR count). The SMILES string of the molecule is Cn1c(C(=O)O)cc2cc(-c3ccccc3)ccc21. The highest BCUT2D eigenvalue weighted by Crippen LogP contribution is 2.26. The highest BCUT2D eigenvalue weighted by atomic mass is 16.4. The molecule has 0 spiro atoms. The molecule has 0 aliphatic heterocycles. The minimum Gasteiger partial charge on any atom is -0.477 e. The molecule has 0 bridgehead atoms. The Morgan fingerprint density at radius 3 is 2.42 bits per heavy atom. The van der Waals surface area contributed by atoms with Crippen LogP contribution in [-0.4, -0.2) is 15.6 Å². The molecule has 0 radical (unpaired) electrons. The van der Waals surface area contributed by atoms with Crippen molar-refractivity contribution in [1.29, 1.82) is 0 Å². The first-order chi connectivity index (χ1) is 9.16. The molecule has 3 nitrogen and oxygen atoms in total. The summed E-state index contributed by atoms with van der Waals surface area (Å²) in [6, 6.07) is 17.8. The second kappa shape index (κ2) is 4.28. The maximum atomic E-state index is 11.1. The zero-order valence-electron chi connectivity index (χ0n) is 10.5. The fourth-order valence-electron chi connectivity index (χ4n) is 2.36. The summed E-state index contributed by atoms with van der Waals surface area (Å²) in [5, 5.41) is 10.1. The molecule has 3 heteroatoms. The first-order valence-corrected chi connectivity index (χ1v) is 6.05. The Bertz CT molecular complexity index is 757. The summed E-state index contributed by atoms with van der Waals surface area (Å²) in [6.07, 6.45) is 0. The van der Waals surface area contributed by atoms with Crippen molar-refractivity contribution in [1.82, 2.24) is 4.57 Å². The van der Waals surface area contributed by atoms with Crippen molar-refractivity contribution in [2.24, 2.45) is 7.05 Å².